The second-order valence-electron chi connectivity index (χ2n) is 5.45. The van der Waals surface area contributed by atoms with Crippen molar-refractivity contribution in [2.45, 2.75) is 6.92 Å². The first-order chi connectivity index (χ1) is 10.6. The Balaban J connectivity index is 2.02. The normalized spacial score (nSPS) is 15.8. The zero-order chi connectivity index (χ0) is 15.9. The van der Waals surface area contributed by atoms with Crippen LogP contribution >= 0.6 is 0 Å². The van der Waals surface area contributed by atoms with Gasteiger partial charge in [0.1, 0.15) is 5.82 Å². The Morgan fingerprint density at radius 1 is 1.36 bits per heavy atom. The van der Waals surface area contributed by atoms with Gasteiger partial charge in [0, 0.05) is 32.7 Å². The number of benzene rings is 1. The van der Waals surface area contributed by atoms with Crippen LogP contribution in [0.1, 0.15) is 15.9 Å². The number of nitrogens with zero attached hydrogens (tertiary/aromatic N) is 2. The van der Waals surface area contributed by atoms with E-state index in [0.717, 1.165) is 18.7 Å². The topological polar surface area (TPSA) is 53.0 Å². The molecule has 0 spiro atoms. The summed E-state index contributed by atoms with van der Waals surface area (Å²) in [6, 6.07) is 4.49. The van der Waals surface area contributed by atoms with E-state index < -0.39 is 5.82 Å². The van der Waals surface area contributed by atoms with Crippen molar-refractivity contribution in [1.82, 2.24) is 9.80 Å². The average Bonchev–Trinajstić information content (AvgIpc) is 2.54. The largest absolute Gasteiger partial charge is 0.395 e. The molecule has 1 aromatic carbocycles. The van der Waals surface area contributed by atoms with E-state index in [0.29, 0.717) is 26.3 Å². The molecule has 0 radical (unpaired) electrons. The molecule has 122 valence electrons. The van der Waals surface area contributed by atoms with E-state index >= 15 is 0 Å². The summed E-state index contributed by atoms with van der Waals surface area (Å²) in [6.07, 6.45) is 0. The van der Waals surface area contributed by atoms with Gasteiger partial charge < -0.3 is 14.7 Å². The Morgan fingerprint density at radius 3 is 2.77 bits per heavy atom. The molecule has 1 fully saturated rings. The molecular weight excluding hydrogens is 287 g/mol. The quantitative estimate of drug-likeness (QED) is 0.848. The standard InChI is InChI=1S/C16H23FN2O3/c1-13-2-3-15(17)14(12-13)16(21)19(6-9-20)5-4-18-7-10-22-11-8-18/h2-3,12,20H,4-11H2,1H3. The Kier molecular flexibility index (Phi) is 6.30. The number of aliphatic hydroxyl groups is 1. The molecule has 1 amide bonds. The number of rotatable bonds is 6. The Labute approximate surface area is 130 Å². The van der Waals surface area contributed by atoms with Crippen molar-refractivity contribution in [3.63, 3.8) is 0 Å². The molecule has 0 aromatic heterocycles. The predicted octanol–water partition coefficient (Wildman–Crippen LogP) is 0.901. The SMILES string of the molecule is Cc1ccc(F)c(C(=O)N(CCO)CCN2CCOCC2)c1. The molecule has 0 bridgehead atoms. The van der Waals surface area contributed by atoms with Crippen LogP contribution in [0.25, 0.3) is 0 Å². The number of ether oxygens (including phenoxy) is 1. The van der Waals surface area contributed by atoms with Gasteiger partial charge in [-0.25, -0.2) is 4.39 Å². The predicted molar refractivity (Wildman–Crippen MR) is 81.4 cm³/mol. The molecule has 0 aliphatic carbocycles. The number of amides is 1. The molecule has 22 heavy (non-hydrogen) atoms. The first-order valence-corrected chi connectivity index (χ1v) is 7.58. The van der Waals surface area contributed by atoms with Crippen molar-refractivity contribution in [3.8, 4) is 0 Å². The van der Waals surface area contributed by atoms with E-state index in [-0.39, 0.29) is 24.6 Å². The first-order valence-electron chi connectivity index (χ1n) is 7.58. The summed E-state index contributed by atoms with van der Waals surface area (Å²) in [5.41, 5.74) is 0.900. The number of carbonyl (C=O) groups is 1. The number of hydrogen-bond acceptors (Lipinski definition) is 4. The van der Waals surface area contributed by atoms with Crippen LogP contribution in [0, 0.1) is 12.7 Å². The summed E-state index contributed by atoms with van der Waals surface area (Å²) in [7, 11) is 0. The van der Waals surface area contributed by atoms with Gasteiger partial charge in [-0.05, 0) is 19.1 Å². The summed E-state index contributed by atoms with van der Waals surface area (Å²) in [5, 5.41) is 9.17. The lowest BCUT2D eigenvalue weighted by Crippen LogP contribution is -2.44. The van der Waals surface area contributed by atoms with Gasteiger partial charge in [0.2, 0.25) is 0 Å². The molecule has 1 aliphatic heterocycles. The van der Waals surface area contributed by atoms with E-state index in [1.54, 1.807) is 12.1 Å². The van der Waals surface area contributed by atoms with Crippen LogP contribution in [-0.4, -0.2) is 73.4 Å². The van der Waals surface area contributed by atoms with Gasteiger partial charge in [-0.2, -0.15) is 0 Å². The van der Waals surface area contributed by atoms with Crippen LogP contribution < -0.4 is 0 Å². The lowest BCUT2D eigenvalue weighted by atomic mass is 10.1. The number of carbonyl (C=O) groups excluding carboxylic acids is 1. The van der Waals surface area contributed by atoms with Gasteiger partial charge in [-0.15, -0.1) is 0 Å². The van der Waals surface area contributed by atoms with Crippen LogP contribution in [0.15, 0.2) is 18.2 Å². The number of halogens is 1. The molecule has 1 aromatic rings. The summed E-state index contributed by atoms with van der Waals surface area (Å²) in [6.45, 7) is 6.11. The minimum Gasteiger partial charge on any atom is -0.395 e. The molecule has 1 aliphatic rings. The maximum absolute atomic E-state index is 13.9. The Hall–Kier alpha value is -1.50. The van der Waals surface area contributed by atoms with Gasteiger partial charge in [0.15, 0.2) is 0 Å². The zero-order valence-electron chi connectivity index (χ0n) is 12.9. The fraction of sp³-hybridized carbons (Fsp3) is 0.562. The van der Waals surface area contributed by atoms with Crippen LogP contribution in [0.2, 0.25) is 0 Å². The van der Waals surface area contributed by atoms with Gasteiger partial charge in [-0.1, -0.05) is 11.6 Å². The smallest absolute Gasteiger partial charge is 0.256 e. The third kappa shape index (κ3) is 4.50. The molecule has 0 saturated carbocycles. The van der Waals surface area contributed by atoms with E-state index in [2.05, 4.69) is 4.90 Å². The Morgan fingerprint density at radius 2 is 2.09 bits per heavy atom. The van der Waals surface area contributed by atoms with Crippen LogP contribution in [0.3, 0.4) is 0 Å². The monoisotopic (exact) mass is 310 g/mol. The highest BCUT2D eigenvalue weighted by atomic mass is 19.1. The van der Waals surface area contributed by atoms with Crippen LogP contribution in [-0.2, 0) is 4.74 Å². The first kappa shape index (κ1) is 16.9. The summed E-state index contributed by atoms with van der Waals surface area (Å²) in [4.78, 5) is 16.2. The third-order valence-electron chi connectivity index (χ3n) is 3.80. The molecule has 5 nitrogen and oxygen atoms in total. The molecule has 2 rings (SSSR count). The molecule has 0 unspecified atom stereocenters. The second-order valence-corrected chi connectivity index (χ2v) is 5.45. The second kappa shape index (κ2) is 8.22. The van der Waals surface area contributed by atoms with Gasteiger partial charge in [0.25, 0.3) is 5.91 Å². The van der Waals surface area contributed by atoms with Gasteiger partial charge >= 0.3 is 0 Å². The molecule has 1 saturated heterocycles. The van der Waals surface area contributed by atoms with Crippen molar-refractivity contribution < 1.29 is 19.0 Å². The van der Waals surface area contributed by atoms with Crippen molar-refractivity contribution in [3.05, 3.63) is 35.1 Å². The summed E-state index contributed by atoms with van der Waals surface area (Å²) < 4.78 is 19.2. The van der Waals surface area contributed by atoms with Crippen molar-refractivity contribution in [1.29, 1.82) is 0 Å². The van der Waals surface area contributed by atoms with Crippen LogP contribution in [0.5, 0.6) is 0 Å². The van der Waals surface area contributed by atoms with Crippen molar-refractivity contribution >= 4 is 5.91 Å². The van der Waals surface area contributed by atoms with E-state index in [9.17, 15) is 14.3 Å². The highest BCUT2D eigenvalue weighted by Crippen LogP contribution is 2.13. The fourth-order valence-corrected chi connectivity index (χ4v) is 2.50. The number of hydrogen-bond donors (Lipinski definition) is 1. The number of aliphatic hydroxyl groups excluding tert-OH is 1. The fourth-order valence-electron chi connectivity index (χ4n) is 2.50. The summed E-state index contributed by atoms with van der Waals surface area (Å²) >= 11 is 0. The molecular formula is C16H23FN2O3. The highest BCUT2D eigenvalue weighted by molar-refractivity contribution is 5.94. The maximum atomic E-state index is 13.9. The van der Waals surface area contributed by atoms with Crippen molar-refractivity contribution in [2.24, 2.45) is 0 Å². The van der Waals surface area contributed by atoms with E-state index in [1.165, 1.54) is 11.0 Å². The van der Waals surface area contributed by atoms with E-state index in [4.69, 9.17) is 4.74 Å². The third-order valence-corrected chi connectivity index (χ3v) is 3.80. The number of aryl methyl sites for hydroxylation is 1. The number of morpholine rings is 1. The minimum atomic E-state index is -0.523. The zero-order valence-corrected chi connectivity index (χ0v) is 12.9. The Bertz CT molecular complexity index is 504. The molecule has 0 atom stereocenters. The average molecular weight is 310 g/mol. The van der Waals surface area contributed by atoms with Crippen LogP contribution in [0.4, 0.5) is 4.39 Å². The molecule has 1 heterocycles. The van der Waals surface area contributed by atoms with E-state index in [1.807, 2.05) is 6.92 Å². The van der Waals surface area contributed by atoms with Crippen molar-refractivity contribution in [2.75, 3.05) is 52.5 Å². The highest BCUT2D eigenvalue weighted by Gasteiger charge is 2.20. The minimum absolute atomic E-state index is 0.0652. The lowest BCUT2D eigenvalue weighted by molar-refractivity contribution is 0.0315. The lowest BCUT2D eigenvalue weighted by Gasteiger charge is -2.30. The maximum Gasteiger partial charge on any atom is 0.256 e. The van der Waals surface area contributed by atoms with Gasteiger partial charge in [-0.3, -0.25) is 9.69 Å². The summed E-state index contributed by atoms with van der Waals surface area (Å²) in [5.74, 6) is -0.895. The molecule has 6 heteroatoms. The molecule has 1 N–H and O–H groups in total. The van der Waals surface area contributed by atoms with Gasteiger partial charge in [0.05, 0.1) is 25.4 Å².